The maximum Gasteiger partial charge on any atom is 0.417 e. The van der Waals surface area contributed by atoms with E-state index >= 15 is 0 Å². The van der Waals surface area contributed by atoms with Crippen molar-refractivity contribution in [1.29, 1.82) is 0 Å². The van der Waals surface area contributed by atoms with E-state index in [1.54, 1.807) is 6.07 Å². The number of aromatic amines is 1. The van der Waals surface area contributed by atoms with Crippen molar-refractivity contribution in [2.45, 2.75) is 38.1 Å². The molecule has 0 bridgehead atoms. The van der Waals surface area contributed by atoms with Crippen LogP contribution < -0.4 is 11.1 Å². The molecule has 1 saturated carbocycles. The van der Waals surface area contributed by atoms with Gasteiger partial charge in [0.1, 0.15) is 0 Å². The van der Waals surface area contributed by atoms with Gasteiger partial charge in [0.05, 0.1) is 11.9 Å². The number of likely N-dealkylation sites (tertiary alicyclic amines) is 1. The summed E-state index contributed by atoms with van der Waals surface area (Å²) >= 11 is 0. The monoisotopic (exact) mass is 329 g/mol. The third kappa shape index (κ3) is 3.53. The molecule has 2 N–H and O–H groups in total. The zero-order valence-electron chi connectivity index (χ0n) is 13.7. The van der Waals surface area contributed by atoms with Gasteiger partial charge in [-0.15, -0.1) is 0 Å². The number of hydrogen-bond acceptors (Lipinski definition) is 4. The van der Waals surface area contributed by atoms with Crippen LogP contribution in [0.4, 0.5) is 0 Å². The maximum absolute atomic E-state index is 12.5. The van der Waals surface area contributed by atoms with Gasteiger partial charge in [0.15, 0.2) is 5.58 Å². The lowest BCUT2D eigenvalue weighted by atomic mass is 10.0. The fourth-order valence-electron chi connectivity index (χ4n) is 3.38. The predicted octanol–water partition coefficient (Wildman–Crippen LogP) is 1.65. The van der Waals surface area contributed by atoms with Crippen LogP contribution in [0.3, 0.4) is 0 Å². The van der Waals surface area contributed by atoms with Crippen molar-refractivity contribution in [3.05, 3.63) is 34.3 Å². The minimum atomic E-state index is -0.464. The highest BCUT2D eigenvalue weighted by Crippen LogP contribution is 2.28. The molecular formula is C18H23N3O3. The number of aromatic nitrogens is 1. The highest BCUT2D eigenvalue weighted by Gasteiger charge is 2.26. The molecule has 6 heteroatoms. The lowest BCUT2D eigenvalue weighted by molar-refractivity contribution is -0.131. The SMILES string of the molecule is O=C(Cc1ccc2oc(=O)[nH]c2c1)N1CCC(NCC2CC2)CC1. The van der Waals surface area contributed by atoms with Crippen LogP contribution in [-0.4, -0.2) is 41.5 Å². The second-order valence-corrected chi connectivity index (χ2v) is 7.03. The van der Waals surface area contributed by atoms with Crippen molar-refractivity contribution in [3.63, 3.8) is 0 Å². The van der Waals surface area contributed by atoms with Gasteiger partial charge in [-0.05, 0) is 55.8 Å². The van der Waals surface area contributed by atoms with Crippen molar-refractivity contribution in [2.75, 3.05) is 19.6 Å². The molecule has 2 aromatic rings. The minimum Gasteiger partial charge on any atom is -0.408 e. The van der Waals surface area contributed by atoms with Crippen LogP contribution in [-0.2, 0) is 11.2 Å². The molecule has 0 unspecified atom stereocenters. The normalized spacial score (nSPS) is 19.1. The Morgan fingerprint density at radius 1 is 1.25 bits per heavy atom. The van der Waals surface area contributed by atoms with Gasteiger partial charge in [-0.1, -0.05) is 6.07 Å². The third-order valence-corrected chi connectivity index (χ3v) is 5.08. The molecule has 0 atom stereocenters. The van der Waals surface area contributed by atoms with E-state index in [0.29, 0.717) is 23.6 Å². The maximum atomic E-state index is 12.5. The zero-order chi connectivity index (χ0) is 16.5. The molecule has 24 heavy (non-hydrogen) atoms. The van der Waals surface area contributed by atoms with E-state index in [4.69, 9.17) is 4.42 Å². The molecule has 128 valence electrons. The first-order chi connectivity index (χ1) is 11.7. The summed E-state index contributed by atoms with van der Waals surface area (Å²) in [6.07, 6.45) is 5.18. The molecule has 2 heterocycles. The molecule has 0 spiro atoms. The molecule has 1 aliphatic carbocycles. The second kappa shape index (κ2) is 6.43. The molecule has 1 saturated heterocycles. The summed E-state index contributed by atoms with van der Waals surface area (Å²) in [5, 5.41) is 3.63. The van der Waals surface area contributed by atoms with E-state index in [1.807, 2.05) is 17.0 Å². The van der Waals surface area contributed by atoms with Crippen LogP contribution in [0.15, 0.2) is 27.4 Å². The fourth-order valence-corrected chi connectivity index (χ4v) is 3.38. The van der Waals surface area contributed by atoms with Gasteiger partial charge in [0.25, 0.3) is 0 Å². The predicted molar refractivity (Wildman–Crippen MR) is 90.9 cm³/mol. The Hall–Kier alpha value is -2.08. The van der Waals surface area contributed by atoms with Gasteiger partial charge in [0, 0.05) is 19.1 Å². The first-order valence-electron chi connectivity index (χ1n) is 8.80. The molecule has 4 rings (SSSR count). The smallest absolute Gasteiger partial charge is 0.408 e. The molecular weight excluding hydrogens is 306 g/mol. The number of oxazole rings is 1. The molecule has 1 aromatic heterocycles. The van der Waals surface area contributed by atoms with Crippen molar-refractivity contribution in [1.82, 2.24) is 15.2 Å². The standard InChI is InChI=1S/C18H23N3O3/c22-17(10-13-3-4-16-15(9-13)20-18(23)24-16)21-7-5-14(6-8-21)19-11-12-1-2-12/h3-4,9,12,14,19H,1-2,5-8,10-11H2,(H,20,23). The lowest BCUT2D eigenvalue weighted by Crippen LogP contribution is -2.45. The van der Waals surface area contributed by atoms with Crippen LogP contribution in [0.2, 0.25) is 0 Å². The van der Waals surface area contributed by atoms with E-state index in [0.717, 1.165) is 44.0 Å². The first kappa shape index (κ1) is 15.4. The Labute approximate surface area is 140 Å². The van der Waals surface area contributed by atoms with Crippen molar-refractivity contribution < 1.29 is 9.21 Å². The Kier molecular flexibility index (Phi) is 4.14. The number of carbonyl (C=O) groups is 1. The molecule has 2 fully saturated rings. The Balaban J connectivity index is 1.31. The van der Waals surface area contributed by atoms with Crippen LogP contribution in [0.5, 0.6) is 0 Å². The number of hydrogen-bond donors (Lipinski definition) is 2. The van der Waals surface area contributed by atoms with Crippen molar-refractivity contribution in [3.8, 4) is 0 Å². The molecule has 1 aliphatic heterocycles. The zero-order valence-corrected chi connectivity index (χ0v) is 13.7. The van der Waals surface area contributed by atoms with E-state index in [-0.39, 0.29) is 5.91 Å². The summed E-state index contributed by atoms with van der Waals surface area (Å²) in [5.74, 6) is 0.587. The Morgan fingerprint density at radius 3 is 2.79 bits per heavy atom. The molecule has 0 radical (unpaired) electrons. The largest absolute Gasteiger partial charge is 0.417 e. The summed E-state index contributed by atoms with van der Waals surface area (Å²) in [6, 6.07) is 5.97. The van der Waals surface area contributed by atoms with Crippen molar-refractivity contribution >= 4 is 17.0 Å². The van der Waals surface area contributed by atoms with Crippen molar-refractivity contribution in [2.24, 2.45) is 5.92 Å². The number of nitrogens with one attached hydrogen (secondary N) is 2. The summed E-state index contributed by atoms with van der Waals surface area (Å²) in [5.41, 5.74) is 2.07. The summed E-state index contributed by atoms with van der Waals surface area (Å²) in [7, 11) is 0. The number of nitrogens with zero attached hydrogens (tertiary/aromatic N) is 1. The number of H-pyrrole nitrogens is 1. The average molecular weight is 329 g/mol. The highest BCUT2D eigenvalue weighted by atomic mass is 16.4. The third-order valence-electron chi connectivity index (χ3n) is 5.08. The van der Waals surface area contributed by atoms with E-state index in [9.17, 15) is 9.59 Å². The molecule has 1 aromatic carbocycles. The number of fused-ring (bicyclic) bond motifs is 1. The van der Waals surface area contributed by atoms with Gasteiger partial charge >= 0.3 is 5.76 Å². The Bertz CT molecular complexity index is 782. The van der Waals surface area contributed by atoms with Gasteiger partial charge in [-0.2, -0.15) is 0 Å². The quantitative estimate of drug-likeness (QED) is 0.874. The van der Waals surface area contributed by atoms with Crippen LogP contribution in [0, 0.1) is 5.92 Å². The van der Waals surface area contributed by atoms with E-state index in [1.165, 1.54) is 12.8 Å². The number of rotatable bonds is 5. The number of benzene rings is 1. The van der Waals surface area contributed by atoms with Gasteiger partial charge in [-0.25, -0.2) is 4.79 Å². The van der Waals surface area contributed by atoms with Gasteiger partial charge in [-0.3, -0.25) is 9.78 Å². The fraction of sp³-hybridized carbons (Fsp3) is 0.556. The van der Waals surface area contributed by atoms with E-state index in [2.05, 4.69) is 10.3 Å². The molecule has 2 aliphatic rings. The number of carbonyl (C=O) groups excluding carboxylic acids is 1. The highest BCUT2D eigenvalue weighted by molar-refractivity contribution is 5.81. The number of piperidine rings is 1. The van der Waals surface area contributed by atoms with Gasteiger partial charge < -0.3 is 14.6 Å². The molecule has 6 nitrogen and oxygen atoms in total. The summed E-state index contributed by atoms with van der Waals surface area (Å²) in [6.45, 7) is 2.79. The first-order valence-corrected chi connectivity index (χ1v) is 8.80. The second-order valence-electron chi connectivity index (χ2n) is 7.03. The van der Waals surface area contributed by atoms with Crippen LogP contribution in [0.25, 0.3) is 11.1 Å². The average Bonchev–Trinajstić information content (AvgIpc) is 3.33. The lowest BCUT2D eigenvalue weighted by Gasteiger charge is -2.32. The van der Waals surface area contributed by atoms with Gasteiger partial charge in [0.2, 0.25) is 5.91 Å². The minimum absolute atomic E-state index is 0.154. The van der Waals surface area contributed by atoms with E-state index < -0.39 is 5.76 Å². The van der Waals surface area contributed by atoms with Crippen LogP contribution in [0.1, 0.15) is 31.2 Å². The Morgan fingerprint density at radius 2 is 2.04 bits per heavy atom. The summed E-state index contributed by atoms with van der Waals surface area (Å²) < 4.78 is 4.99. The summed E-state index contributed by atoms with van der Waals surface area (Å²) in [4.78, 5) is 28.3. The number of amides is 1. The van der Waals surface area contributed by atoms with Crippen LogP contribution >= 0.6 is 0 Å². The molecule has 1 amide bonds. The topological polar surface area (TPSA) is 78.3 Å².